The molecule has 0 saturated heterocycles. The summed E-state index contributed by atoms with van der Waals surface area (Å²) in [4.78, 5) is 12.2. The number of carbonyl (C=O) groups excluding carboxylic acids is 1. The lowest BCUT2D eigenvalue weighted by Crippen LogP contribution is -2.14. The quantitative estimate of drug-likeness (QED) is 0.646. The van der Waals surface area contributed by atoms with Gasteiger partial charge in [-0.25, -0.2) is 0 Å². The van der Waals surface area contributed by atoms with E-state index in [1.54, 1.807) is 24.3 Å². The molecule has 0 unspecified atom stereocenters. The molecule has 0 aromatic heterocycles. The minimum absolute atomic E-state index is 0.0371. The SMILES string of the molecule is Cc1ccc(N/C=C(/C#N)C(=O)Nc2ccccc2Cl)c(C)c1. The number of halogens is 1. The molecule has 0 aliphatic heterocycles. The molecule has 2 aromatic carbocycles. The number of hydrogen-bond donors (Lipinski definition) is 2. The maximum atomic E-state index is 12.2. The fraction of sp³-hybridized carbons (Fsp3) is 0.111. The number of amides is 1. The van der Waals surface area contributed by atoms with Crippen LogP contribution in [0, 0.1) is 25.2 Å². The number of nitriles is 1. The van der Waals surface area contributed by atoms with Crippen molar-refractivity contribution < 1.29 is 4.79 Å². The van der Waals surface area contributed by atoms with E-state index < -0.39 is 5.91 Å². The number of benzene rings is 2. The molecule has 5 heteroatoms. The number of para-hydroxylation sites is 1. The molecule has 2 rings (SSSR count). The first-order valence-corrected chi connectivity index (χ1v) is 7.39. The van der Waals surface area contributed by atoms with Crippen LogP contribution in [0.4, 0.5) is 11.4 Å². The van der Waals surface area contributed by atoms with E-state index >= 15 is 0 Å². The molecule has 0 radical (unpaired) electrons. The van der Waals surface area contributed by atoms with Crippen molar-refractivity contribution in [2.75, 3.05) is 10.6 Å². The van der Waals surface area contributed by atoms with Gasteiger partial charge in [0, 0.05) is 11.9 Å². The van der Waals surface area contributed by atoms with Crippen molar-refractivity contribution in [1.29, 1.82) is 5.26 Å². The van der Waals surface area contributed by atoms with E-state index in [-0.39, 0.29) is 5.57 Å². The third-order valence-electron chi connectivity index (χ3n) is 3.24. The highest BCUT2D eigenvalue weighted by Crippen LogP contribution is 2.21. The van der Waals surface area contributed by atoms with Crippen molar-refractivity contribution >= 4 is 28.9 Å². The molecule has 2 aromatic rings. The van der Waals surface area contributed by atoms with Crippen molar-refractivity contribution in [1.82, 2.24) is 0 Å². The third kappa shape index (κ3) is 4.35. The summed E-state index contributed by atoms with van der Waals surface area (Å²) in [5, 5.41) is 15.2. The number of hydrogen-bond acceptors (Lipinski definition) is 3. The molecule has 4 nitrogen and oxygen atoms in total. The second-order valence-corrected chi connectivity index (χ2v) is 5.47. The number of aryl methyl sites for hydroxylation is 2. The van der Waals surface area contributed by atoms with Crippen LogP contribution in [0.1, 0.15) is 11.1 Å². The van der Waals surface area contributed by atoms with Gasteiger partial charge in [-0.15, -0.1) is 0 Å². The smallest absolute Gasteiger partial charge is 0.267 e. The zero-order valence-electron chi connectivity index (χ0n) is 12.9. The predicted octanol–water partition coefficient (Wildman–Crippen LogP) is 4.41. The van der Waals surface area contributed by atoms with Crippen LogP contribution in [-0.4, -0.2) is 5.91 Å². The standard InChI is InChI=1S/C18H16ClN3O/c1-12-7-8-16(13(2)9-12)21-11-14(10-20)18(23)22-17-6-4-3-5-15(17)19/h3-9,11,21H,1-2H3,(H,22,23)/b14-11-. The fourth-order valence-electron chi connectivity index (χ4n) is 2.03. The van der Waals surface area contributed by atoms with Gasteiger partial charge in [0.2, 0.25) is 0 Å². The van der Waals surface area contributed by atoms with Crippen molar-refractivity contribution in [3.05, 3.63) is 70.4 Å². The summed E-state index contributed by atoms with van der Waals surface area (Å²) in [6, 6.07) is 14.6. The summed E-state index contributed by atoms with van der Waals surface area (Å²) in [5.74, 6) is -0.516. The van der Waals surface area contributed by atoms with Gasteiger partial charge in [-0.3, -0.25) is 4.79 Å². The van der Waals surface area contributed by atoms with Gasteiger partial charge in [0.15, 0.2) is 0 Å². The Hall–Kier alpha value is -2.77. The monoisotopic (exact) mass is 325 g/mol. The third-order valence-corrected chi connectivity index (χ3v) is 3.57. The molecule has 0 aliphatic rings. The molecular weight excluding hydrogens is 310 g/mol. The zero-order valence-corrected chi connectivity index (χ0v) is 13.6. The van der Waals surface area contributed by atoms with Crippen LogP contribution in [-0.2, 0) is 4.79 Å². The minimum Gasteiger partial charge on any atom is -0.360 e. The Bertz CT molecular complexity index is 806. The van der Waals surface area contributed by atoms with Crippen LogP contribution in [0.2, 0.25) is 5.02 Å². The second-order valence-electron chi connectivity index (χ2n) is 5.07. The van der Waals surface area contributed by atoms with Gasteiger partial charge in [-0.05, 0) is 37.6 Å². The van der Waals surface area contributed by atoms with E-state index in [0.717, 1.165) is 16.8 Å². The first-order valence-electron chi connectivity index (χ1n) is 7.01. The maximum absolute atomic E-state index is 12.2. The van der Waals surface area contributed by atoms with Gasteiger partial charge in [0.05, 0.1) is 10.7 Å². The second kappa shape index (κ2) is 7.48. The van der Waals surface area contributed by atoms with Gasteiger partial charge in [0.1, 0.15) is 11.6 Å². The Balaban J connectivity index is 2.14. The molecule has 1 amide bonds. The van der Waals surface area contributed by atoms with E-state index in [1.807, 2.05) is 38.1 Å². The average molecular weight is 326 g/mol. The number of rotatable bonds is 4. The summed E-state index contributed by atoms with van der Waals surface area (Å²) in [7, 11) is 0. The zero-order chi connectivity index (χ0) is 16.8. The molecule has 0 bridgehead atoms. The van der Waals surface area contributed by atoms with Gasteiger partial charge in [-0.1, -0.05) is 41.4 Å². The van der Waals surface area contributed by atoms with Gasteiger partial charge in [-0.2, -0.15) is 5.26 Å². The Morgan fingerprint density at radius 2 is 1.91 bits per heavy atom. The molecule has 0 fully saturated rings. The van der Waals surface area contributed by atoms with E-state index in [4.69, 9.17) is 11.6 Å². The molecular formula is C18H16ClN3O. The molecule has 23 heavy (non-hydrogen) atoms. The van der Waals surface area contributed by atoms with E-state index in [9.17, 15) is 10.1 Å². The lowest BCUT2D eigenvalue weighted by atomic mass is 10.1. The van der Waals surface area contributed by atoms with Crippen molar-refractivity contribution in [2.24, 2.45) is 0 Å². The Kier molecular flexibility index (Phi) is 5.40. The largest absolute Gasteiger partial charge is 0.360 e. The van der Waals surface area contributed by atoms with Crippen LogP contribution >= 0.6 is 11.6 Å². The van der Waals surface area contributed by atoms with E-state index in [0.29, 0.717) is 10.7 Å². The lowest BCUT2D eigenvalue weighted by molar-refractivity contribution is -0.112. The number of anilines is 2. The Labute approximate surface area is 140 Å². The number of carbonyl (C=O) groups is 1. The molecule has 0 spiro atoms. The number of nitrogens with one attached hydrogen (secondary N) is 2. The maximum Gasteiger partial charge on any atom is 0.267 e. The topological polar surface area (TPSA) is 64.9 Å². The number of nitrogens with zero attached hydrogens (tertiary/aromatic N) is 1. The van der Waals surface area contributed by atoms with Crippen LogP contribution in [0.25, 0.3) is 0 Å². The van der Waals surface area contributed by atoms with E-state index in [1.165, 1.54) is 6.20 Å². The minimum atomic E-state index is -0.516. The molecule has 2 N–H and O–H groups in total. The van der Waals surface area contributed by atoms with Crippen molar-refractivity contribution in [3.63, 3.8) is 0 Å². The molecule has 0 heterocycles. The fourth-order valence-corrected chi connectivity index (χ4v) is 2.21. The van der Waals surface area contributed by atoms with Crippen molar-refractivity contribution in [3.8, 4) is 6.07 Å². The highest BCUT2D eigenvalue weighted by Gasteiger charge is 2.11. The Morgan fingerprint density at radius 3 is 2.57 bits per heavy atom. The van der Waals surface area contributed by atoms with Gasteiger partial charge in [0.25, 0.3) is 5.91 Å². The summed E-state index contributed by atoms with van der Waals surface area (Å²) >= 11 is 5.99. The van der Waals surface area contributed by atoms with Crippen LogP contribution < -0.4 is 10.6 Å². The van der Waals surface area contributed by atoms with Gasteiger partial charge < -0.3 is 10.6 Å². The Morgan fingerprint density at radius 1 is 1.17 bits per heavy atom. The van der Waals surface area contributed by atoms with E-state index in [2.05, 4.69) is 10.6 Å². The molecule has 0 aliphatic carbocycles. The van der Waals surface area contributed by atoms with Gasteiger partial charge >= 0.3 is 0 Å². The molecule has 0 saturated carbocycles. The first kappa shape index (κ1) is 16.6. The van der Waals surface area contributed by atoms with Crippen molar-refractivity contribution in [2.45, 2.75) is 13.8 Å². The molecule has 0 atom stereocenters. The van der Waals surface area contributed by atoms with Crippen LogP contribution in [0.5, 0.6) is 0 Å². The summed E-state index contributed by atoms with van der Waals surface area (Å²) < 4.78 is 0. The lowest BCUT2D eigenvalue weighted by Gasteiger charge is -2.08. The van der Waals surface area contributed by atoms with Crippen LogP contribution in [0.15, 0.2) is 54.2 Å². The average Bonchev–Trinajstić information content (AvgIpc) is 2.52. The molecule has 116 valence electrons. The highest BCUT2D eigenvalue weighted by atomic mass is 35.5. The first-order chi connectivity index (χ1) is 11.0. The summed E-state index contributed by atoms with van der Waals surface area (Å²) in [6.07, 6.45) is 1.39. The predicted molar refractivity (Wildman–Crippen MR) is 93.3 cm³/mol. The van der Waals surface area contributed by atoms with Crippen LogP contribution in [0.3, 0.4) is 0 Å². The summed E-state index contributed by atoms with van der Waals surface area (Å²) in [6.45, 7) is 3.96. The summed E-state index contributed by atoms with van der Waals surface area (Å²) in [5.41, 5.74) is 3.45. The normalized spacial score (nSPS) is 10.8. The highest BCUT2D eigenvalue weighted by molar-refractivity contribution is 6.33.